The fourth-order valence-electron chi connectivity index (χ4n) is 2.30. The first-order valence-electron chi connectivity index (χ1n) is 7.07. The van der Waals surface area contributed by atoms with Crippen LogP contribution in [-0.2, 0) is 0 Å². The Hall–Kier alpha value is -2.66. The van der Waals surface area contributed by atoms with E-state index < -0.39 is 0 Å². The second-order valence-electron chi connectivity index (χ2n) is 5.02. The zero-order valence-corrected chi connectivity index (χ0v) is 12.8. The minimum absolute atomic E-state index is 0.244. The van der Waals surface area contributed by atoms with Crippen LogP contribution in [0.4, 0.5) is 4.39 Å². The van der Waals surface area contributed by atoms with E-state index in [-0.39, 0.29) is 12.6 Å². The molecule has 0 N–H and O–H groups in total. The molecule has 0 atom stereocenters. The molecule has 0 amide bonds. The van der Waals surface area contributed by atoms with Crippen LogP contribution in [0.15, 0.2) is 47.8 Å². The van der Waals surface area contributed by atoms with E-state index in [0.717, 1.165) is 33.3 Å². The molecule has 114 valence electrons. The Morgan fingerprint density at radius 2 is 1.83 bits per heavy atom. The van der Waals surface area contributed by atoms with Crippen LogP contribution in [0.25, 0.3) is 23.4 Å². The van der Waals surface area contributed by atoms with Crippen LogP contribution in [0, 0.1) is 5.82 Å². The number of nitrogens with zero attached hydrogens (tertiary/aromatic N) is 1. The Morgan fingerprint density at radius 3 is 2.70 bits per heavy atom. The molecule has 0 saturated carbocycles. The van der Waals surface area contributed by atoms with Crippen molar-refractivity contribution in [3.05, 3.63) is 64.2 Å². The summed E-state index contributed by atoms with van der Waals surface area (Å²) in [6.45, 7) is 0.274. The number of halogens is 1. The van der Waals surface area contributed by atoms with E-state index in [1.54, 1.807) is 23.5 Å². The van der Waals surface area contributed by atoms with Gasteiger partial charge in [0.2, 0.25) is 6.79 Å². The summed E-state index contributed by atoms with van der Waals surface area (Å²) in [4.78, 5) is 4.55. The number of aromatic nitrogens is 1. The van der Waals surface area contributed by atoms with Crippen molar-refractivity contribution in [2.24, 2.45) is 0 Å². The minimum atomic E-state index is -0.244. The van der Waals surface area contributed by atoms with Gasteiger partial charge in [-0.1, -0.05) is 12.1 Å². The van der Waals surface area contributed by atoms with Crippen molar-refractivity contribution in [2.75, 3.05) is 6.79 Å². The lowest BCUT2D eigenvalue weighted by Gasteiger charge is -1.97. The van der Waals surface area contributed by atoms with Gasteiger partial charge in [0.25, 0.3) is 0 Å². The van der Waals surface area contributed by atoms with E-state index >= 15 is 0 Å². The van der Waals surface area contributed by atoms with Crippen molar-refractivity contribution in [1.82, 2.24) is 4.98 Å². The van der Waals surface area contributed by atoms with Crippen LogP contribution in [0.2, 0.25) is 0 Å². The smallest absolute Gasteiger partial charge is 0.231 e. The standard InChI is InChI=1S/C18H12FNO2S/c19-14-5-3-13(4-6-14)15-10-23-18(20-15)8-2-12-1-7-16-17(9-12)22-11-21-16/h1-10H,11H2. The molecule has 0 unspecified atom stereocenters. The van der Waals surface area contributed by atoms with Gasteiger partial charge in [0.05, 0.1) is 5.69 Å². The van der Waals surface area contributed by atoms with Crippen LogP contribution in [0.5, 0.6) is 11.5 Å². The molecule has 1 aliphatic rings. The average Bonchev–Trinajstić information content (AvgIpc) is 3.22. The van der Waals surface area contributed by atoms with Crippen LogP contribution < -0.4 is 9.47 Å². The predicted molar refractivity (Wildman–Crippen MR) is 89.0 cm³/mol. The maximum absolute atomic E-state index is 13.0. The number of thiazole rings is 1. The minimum Gasteiger partial charge on any atom is -0.454 e. The molecule has 0 spiro atoms. The van der Waals surface area contributed by atoms with E-state index in [9.17, 15) is 4.39 Å². The van der Waals surface area contributed by atoms with E-state index in [0.29, 0.717) is 0 Å². The zero-order chi connectivity index (χ0) is 15.6. The average molecular weight is 325 g/mol. The fraction of sp³-hybridized carbons (Fsp3) is 0.0556. The third-order valence-electron chi connectivity index (χ3n) is 3.48. The molecular weight excluding hydrogens is 313 g/mol. The van der Waals surface area contributed by atoms with Crippen molar-refractivity contribution in [3.63, 3.8) is 0 Å². The summed E-state index contributed by atoms with van der Waals surface area (Å²) in [6, 6.07) is 12.2. The summed E-state index contributed by atoms with van der Waals surface area (Å²) >= 11 is 1.55. The van der Waals surface area contributed by atoms with Gasteiger partial charge in [-0.2, -0.15) is 0 Å². The molecule has 2 aromatic carbocycles. The highest BCUT2D eigenvalue weighted by atomic mass is 32.1. The lowest BCUT2D eigenvalue weighted by molar-refractivity contribution is 0.174. The Morgan fingerprint density at radius 1 is 1.00 bits per heavy atom. The summed E-state index contributed by atoms with van der Waals surface area (Å²) in [6.07, 6.45) is 3.93. The van der Waals surface area contributed by atoms with Gasteiger partial charge < -0.3 is 9.47 Å². The highest BCUT2D eigenvalue weighted by Gasteiger charge is 2.12. The first-order chi connectivity index (χ1) is 11.3. The van der Waals surface area contributed by atoms with Crippen LogP contribution in [-0.4, -0.2) is 11.8 Å². The summed E-state index contributed by atoms with van der Waals surface area (Å²) in [5, 5.41) is 2.86. The van der Waals surface area contributed by atoms with Gasteiger partial charge >= 0.3 is 0 Å². The van der Waals surface area contributed by atoms with Gasteiger partial charge in [0.15, 0.2) is 11.5 Å². The van der Waals surface area contributed by atoms with Gasteiger partial charge in [-0.05, 0) is 48.0 Å². The largest absolute Gasteiger partial charge is 0.454 e. The molecule has 0 bridgehead atoms. The first kappa shape index (κ1) is 14.0. The number of hydrogen-bond acceptors (Lipinski definition) is 4. The molecular formula is C18H12FNO2S. The maximum Gasteiger partial charge on any atom is 0.231 e. The molecule has 23 heavy (non-hydrogen) atoms. The third kappa shape index (κ3) is 2.96. The van der Waals surface area contributed by atoms with Gasteiger partial charge in [-0.3, -0.25) is 0 Å². The molecule has 0 radical (unpaired) electrons. The molecule has 3 aromatic rings. The molecule has 5 heteroatoms. The summed E-state index contributed by atoms with van der Waals surface area (Å²) in [5.41, 5.74) is 2.78. The van der Waals surface area contributed by atoms with Crippen molar-refractivity contribution in [1.29, 1.82) is 0 Å². The normalized spacial score (nSPS) is 12.9. The Bertz CT molecular complexity index is 871. The Kier molecular flexibility index (Phi) is 3.55. The molecule has 2 heterocycles. The molecule has 3 nitrogen and oxygen atoms in total. The molecule has 0 fully saturated rings. The van der Waals surface area contributed by atoms with Gasteiger partial charge in [0.1, 0.15) is 10.8 Å². The monoisotopic (exact) mass is 325 g/mol. The summed E-state index contributed by atoms with van der Waals surface area (Å²) < 4.78 is 23.6. The SMILES string of the molecule is Fc1ccc(-c2csc(C=Cc3ccc4c(c3)OCO4)n2)cc1. The molecule has 0 aliphatic carbocycles. The highest BCUT2D eigenvalue weighted by molar-refractivity contribution is 7.10. The van der Waals surface area contributed by atoms with Crippen molar-refractivity contribution in [2.45, 2.75) is 0 Å². The topological polar surface area (TPSA) is 31.4 Å². The maximum atomic E-state index is 13.0. The van der Waals surface area contributed by atoms with E-state index in [2.05, 4.69) is 4.98 Å². The highest BCUT2D eigenvalue weighted by Crippen LogP contribution is 2.33. The number of benzene rings is 2. The molecule has 1 aromatic heterocycles. The molecule has 0 saturated heterocycles. The van der Waals surface area contributed by atoms with Gasteiger partial charge in [-0.15, -0.1) is 11.3 Å². The summed E-state index contributed by atoms with van der Waals surface area (Å²) in [5.74, 6) is 1.29. The van der Waals surface area contributed by atoms with Crippen LogP contribution in [0.3, 0.4) is 0 Å². The Labute approximate surface area is 136 Å². The first-order valence-corrected chi connectivity index (χ1v) is 7.95. The van der Waals surface area contributed by atoms with Crippen LogP contribution >= 0.6 is 11.3 Å². The van der Waals surface area contributed by atoms with Crippen LogP contribution in [0.1, 0.15) is 10.6 Å². The lowest BCUT2D eigenvalue weighted by atomic mass is 10.2. The quantitative estimate of drug-likeness (QED) is 0.690. The zero-order valence-electron chi connectivity index (χ0n) is 12.0. The van der Waals surface area contributed by atoms with Crippen molar-refractivity contribution >= 4 is 23.5 Å². The third-order valence-corrected chi connectivity index (χ3v) is 4.29. The number of rotatable bonds is 3. The van der Waals surface area contributed by atoms with E-state index in [1.165, 1.54) is 12.1 Å². The van der Waals surface area contributed by atoms with E-state index in [4.69, 9.17) is 9.47 Å². The molecule has 4 rings (SSSR count). The van der Waals surface area contributed by atoms with Gasteiger partial charge in [0, 0.05) is 10.9 Å². The van der Waals surface area contributed by atoms with Crippen molar-refractivity contribution in [3.8, 4) is 22.8 Å². The van der Waals surface area contributed by atoms with E-state index in [1.807, 2.05) is 35.7 Å². The lowest BCUT2D eigenvalue weighted by Crippen LogP contribution is -1.92. The van der Waals surface area contributed by atoms with Gasteiger partial charge in [-0.25, -0.2) is 9.37 Å². The second kappa shape index (κ2) is 5.85. The fourth-order valence-corrected chi connectivity index (χ4v) is 3.02. The second-order valence-corrected chi connectivity index (χ2v) is 5.91. The predicted octanol–water partition coefficient (Wildman–Crippen LogP) is 4.85. The number of fused-ring (bicyclic) bond motifs is 1. The Balaban J connectivity index is 1.54. The molecule has 1 aliphatic heterocycles. The van der Waals surface area contributed by atoms with Crippen molar-refractivity contribution < 1.29 is 13.9 Å². The number of hydrogen-bond donors (Lipinski definition) is 0. The number of ether oxygens (including phenoxy) is 2. The summed E-state index contributed by atoms with van der Waals surface area (Å²) in [7, 11) is 0.